The van der Waals surface area contributed by atoms with Gasteiger partial charge < -0.3 is 19.0 Å². The van der Waals surface area contributed by atoms with Gasteiger partial charge in [0, 0.05) is 17.4 Å². The van der Waals surface area contributed by atoms with Crippen molar-refractivity contribution in [2.75, 3.05) is 13.2 Å². The Morgan fingerprint density at radius 3 is 2.82 bits per heavy atom. The molecule has 0 saturated carbocycles. The largest absolute Gasteiger partial charge is 0.489 e. The molecule has 0 aliphatic heterocycles. The number of ether oxygens (including phenoxy) is 2. The molecular weight excluding hydrogens is 478 g/mol. The minimum atomic E-state index is -0.433. The van der Waals surface area contributed by atoms with E-state index >= 15 is 0 Å². The molecule has 3 aromatic rings. The molecule has 148 valence electrons. The molecule has 2 aromatic carbocycles. The first-order chi connectivity index (χ1) is 13.5. The fourth-order valence-corrected chi connectivity index (χ4v) is 3.72. The molecule has 5 nitrogen and oxygen atoms in total. The molecule has 3 rings (SSSR count). The van der Waals surface area contributed by atoms with Crippen LogP contribution in [0.15, 0.2) is 40.8 Å². The third-order valence-corrected chi connectivity index (χ3v) is 4.90. The van der Waals surface area contributed by atoms with Crippen LogP contribution in [0.2, 0.25) is 0 Å². The summed E-state index contributed by atoms with van der Waals surface area (Å²) in [5, 5.41) is 10.0. The normalized spacial score (nSPS) is 11.0. The topological polar surface area (TPSA) is 68.9 Å². The Morgan fingerprint density at radius 1 is 1.25 bits per heavy atom. The lowest BCUT2D eigenvalue weighted by atomic mass is 10.1. The minimum Gasteiger partial charge on any atom is -0.489 e. The number of esters is 1. The van der Waals surface area contributed by atoms with Gasteiger partial charge in [0.05, 0.1) is 23.2 Å². The highest BCUT2D eigenvalue weighted by Crippen LogP contribution is 2.28. The van der Waals surface area contributed by atoms with Crippen molar-refractivity contribution in [1.29, 1.82) is 0 Å². The number of furan rings is 1. The summed E-state index contributed by atoms with van der Waals surface area (Å²) in [6.45, 7) is 2.28. The van der Waals surface area contributed by atoms with Gasteiger partial charge in [-0.1, -0.05) is 0 Å². The Hall–Kier alpha value is -2.13. The smallest absolute Gasteiger partial charge is 0.310 e. The van der Waals surface area contributed by atoms with Gasteiger partial charge in [0.25, 0.3) is 0 Å². The van der Waals surface area contributed by atoms with E-state index < -0.39 is 11.8 Å². The molecule has 7 heteroatoms. The monoisotopic (exact) mass is 498 g/mol. The predicted octanol–water partition coefficient (Wildman–Crippen LogP) is 4.40. The van der Waals surface area contributed by atoms with Crippen molar-refractivity contribution < 1.29 is 28.2 Å². The quantitative estimate of drug-likeness (QED) is 0.369. The molecule has 1 aromatic heterocycles. The van der Waals surface area contributed by atoms with Gasteiger partial charge in [-0.2, -0.15) is 0 Å². The van der Waals surface area contributed by atoms with E-state index in [1.54, 1.807) is 6.92 Å². The van der Waals surface area contributed by atoms with Crippen molar-refractivity contribution in [2.45, 2.75) is 26.4 Å². The maximum Gasteiger partial charge on any atom is 0.310 e. The molecule has 0 fully saturated rings. The molecule has 1 heterocycles. The van der Waals surface area contributed by atoms with E-state index in [2.05, 4.69) is 22.6 Å². The second-order valence-corrected chi connectivity index (χ2v) is 7.37. The third kappa shape index (κ3) is 5.02. The van der Waals surface area contributed by atoms with Gasteiger partial charge in [0.15, 0.2) is 0 Å². The van der Waals surface area contributed by atoms with E-state index in [1.165, 1.54) is 18.2 Å². The maximum atomic E-state index is 13.6. The van der Waals surface area contributed by atoms with Crippen molar-refractivity contribution in [2.24, 2.45) is 0 Å². The molecule has 0 aliphatic rings. The summed E-state index contributed by atoms with van der Waals surface area (Å²) < 4.78 is 31.1. The number of hydrogen-bond acceptors (Lipinski definition) is 5. The molecule has 0 spiro atoms. The van der Waals surface area contributed by atoms with Crippen molar-refractivity contribution in [3.05, 3.63) is 62.7 Å². The third-order valence-electron chi connectivity index (χ3n) is 4.10. The second-order valence-electron chi connectivity index (χ2n) is 6.20. The summed E-state index contributed by atoms with van der Waals surface area (Å²) in [6, 6.07) is 9.91. The Balaban J connectivity index is 1.79. The van der Waals surface area contributed by atoms with Gasteiger partial charge in [-0.25, -0.2) is 4.39 Å². The van der Waals surface area contributed by atoms with Gasteiger partial charge in [-0.05, 0) is 71.5 Å². The molecule has 0 saturated heterocycles. The number of halogens is 2. The number of aliphatic hydroxyl groups is 1. The highest BCUT2D eigenvalue weighted by atomic mass is 127. The lowest BCUT2D eigenvalue weighted by molar-refractivity contribution is -0.142. The number of hydrogen-bond donors (Lipinski definition) is 1. The lowest BCUT2D eigenvalue weighted by Gasteiger charge is -2.12. The molecule has 28 heavy (non-hydrogen) atoms. The molecule has 0 bridgehead atoms. The summed E-state index contributed by atoms with van der Waals surface area (Å²) in [5.74, 6) is 0.308. The zero-order valence-corrected chi connectivity index (χ0v) is 17.5. The van der Waals surface area contributed by atoms with Crippen molar-refractivity contribution >= 4 is 39.5 Å². The SMILES string of the molecule is CCOC(=O)Cc1cc(F)ccc1OCc1cc(I)c2oc(CCO)cc2c1. The van der Waals surface area contributed by atoms with Gasteiger partial charge in [0.2, 0.25) is 0 Å². The average Bonchev–Trinajstić information content (AvgIpc) is 3.05. The molecule has 1 N–H and O–H groups in total. The highest BCUT2D eigenvalue weighted by molar-refractivity contribution is 14.1. The Morgan fingerprint density at radius 2 is 2.07 bits per heavy atom. The summed E-state index contributed by atoms with van der Waals surface area (Å²) in [6.07, 6.45) is 0.410. The first-order valence-corrected chi connectivity index (χ1v) is 9.96. The Bertz CT molecular complexity index is 982. The van der Waals surface area contributed by atoms with Crippen molar-refractivity contribution in [3.63, 3.8) is 0 Å². The fourth-order valence-electron chi connectivity index (χ4n) is 2.89. The van der Waals surface area contributed by atoms with E-state index in [1.807, 2.05) is 18.2 Å². The van der Waals surface area contributed by atoms with Crippen LogP contribution in [0.5, 0.6) is 5.75 Å². The standard InChI is InChI=1S/C21H20FIO5/c1-2-26-20(25)11-14-9-16(22)3-4-19(14)27-12-13-7-15-10-17(5-6-24)28-21(15)18(23)8-13/h3-4,7-10,24H,2,5-6,11-12H2,1H3. The maximum absolute atomic E-state index is 13.6. The number of benzene rings is 2. The lowest BCUT2D eigenvalue weighted by Crippen LogP contribution is -2.09. The molecule has 0 radical (unpaired) electrons. The van der Waals surface area contributed by atoms with Gasteiger partial charge in [0.1, 0.15) is 29.5 Å². The summed E-state index contributed by atoms with van der Waals surface area (Å²) >= 11 is 2.19. The first kappa shape index (κ1) is 20.6. The molecule has 0 atom stereocenters. The fraction of sp³-hybridized carbons (Fsp3) is 0.286. The van der Waals surface area contributed by atoms with Crippen LogP contribution in [0.4, 0.5) is 4.39 Å². The van der Waals surface area contributed by atoms with Crippen LogP contribution < -0.4 is 4.74 Å². The van der Waals surface area contributed by atoms with E-state index in [0.29, 0.717) is 17.7 Å². The van der Waals surface area contributed by atoms with Gasteiger partial charge in [-0.15, -0.1) is 0 Å². The van der Waals surface area contributed by atoms with E-state index in [-0.39, 0.29) is 26.2 Å². The van der Waals surface area contributed by atoms with Crippen molar-refractivity contribution in [1.82, 2.24) is 0 Å². The molecule has 0 amide bonds. The highest BCUT2D eigenvalue weighted by Gasteiger charge is 2.13. The minimum absolute atomic E-state index is 0.0280. The number of aliphatic hydroxyl groups excluding tert-OH is 1. The van der Waals surface area contributed by atoms with E-state index in [4.69, 9.17) is 19.0 Å². The van der Waals surface area contributed by atoms with Crippen LogP contribution in [0.3, 0.4) is 0 Å². The molecule has 0 aliphatic carbocycles. The number of carbonyl (C=O) groups excluding carboxylic acids is 1. The van der Waals surface area contributed by atoms with Crippen LogP contribution in [-0.4, -0.2) is 24.3 Å². The Kier molecular flexibility index (Phi) is 6.90. The Labute approximate surface area is 175 Å². The molecular formula is C21H20FIO5. The van der Waals surface area contributed by atoms with Crippen LogP contribution >= 0.6 is 22.6 Å². The number of fused-ring (bicyclic) bond motifs is 1. The summed E-state index contributed by atoms with van der Waals surface area (Å²) in [4.78, 5) is 11.8. The van der Waals surface area contributed by atoms with Crippen LogP contribution in [-0.2, 0) is 29.0 Å². The molecule has 0 unspecified atom stereocenters. The number of carbonyl (C=O) groups is 1. The predicted molar refractivity (Wildman–Crippen MR) is 111 cm³/mol. The van der Waals surface area contributed by atoms with Gasteiger partial charge in [-0.3, -0.25) is 4.79 Å². The first-order valence-electron chi connectivity index (χ1n) is 8.88. The second kappa shape index (κ2) is 9.38. The van der Waals surface area contributed by atoms with Crippen LogP contribution in [0, 0.1) is 9.39 Å². The zero-order chi connectivity index (χ0) is 20.1. The van der Waals surface area contributed by atoms with Crippen LogP contribution in [0.25, 0.3) is 11.0 Å². The van der Waals surface area contributed by atoms with E-state index in [9.17, 15) is 9.18 Å². The van der Waals surface area contributed by atoms with Crippen molar-refractivity contribution in [3.8, 4) is 5.75 Å². The number of rotatable bonds is 8. The average molecular weight is 498 g/mol. The zero-order valence-electron chi connectivity index (χ0n) is 15.3. The van der Waals surface area contributed by atoms with Crippen LogP contribution in [0.1, 0.15) is 23.8 Å². The van der Waals surface area contributed by atoms with E-state index in [0.717, 1.165) is 25.9 Å². The summed E-state index contributed by atoms with van der Waals surface area (Å²) in [5.41, 5.74) is 2.14. The summed E-state index contributed by atoms with van der Waals surface area (Å²) in [7, 11) is 0. The van der Waals surface area contributed by atoms with Gasteiger partial charge >= 0.3 is 5.97 Å².